The number of benzene rings is 3. The van der Waals surface area contributed by atoms with E-state index in [0.717, 1.165) is 6.92 Å². The van der Waals surface area contributed by atoms with Crippen molar-refractivity contribution in [3.05, 3.63) is 107 Å². The normalized spacial score (nSPS) is 17.8. The van der Waals surface area contributed by atoms with Gasteiger partial charge in [-0.3, -0.25) is 0 Å². The molecule has 0 aliphatic carbocycles. The van der Waals surface area contributed by atoms with Gasteiger partial charge in [0.15, 0.2) is 0 Å². The van der Waals surface area contributed by atoms with Gasteiger partial charge in [-0.15, -0.1) is 31.1 Å². The Hall–Kier alpha value is -2.43. The van der Waals surface area contributed by atoms with Crippen LogP contribution in [0.25, 0.3) is 10.6 Å². The highest BCUT2D eigenvalue weighted by atomic mass is 35.5. The van der Waals surface area contributed by atoms with E-state index in [2.05, 4.69) is 0 Å². The molecule has 11 heteroatoms. The van der Waals surface area contributed by atoms with E-state index in [1.54, 1.807) is 6.07 Å². The monoisotopic (exact) mass is 546 g/mol. The van der Waals surface area contributed by atoms with Crippen LogP contribution in [0, 0.1) is 0 Å². The fraction of sp³-hybridized carbons (Fsp3) is 0.0435. The van der Waals surface area contributed by atoms with Crippen molar-refractivity contribution in [1.82, 2.24) is 0 Å². The second kappa shape index (κ2) is 7.05. The molecule has 3 rings (SSSR count). The maximum Gasteiger partial charge on any atom is 0.205 e. The lowest BCUT2D eigenvalue weighted by Gasteiger charge is -2.49. The Morgan fingerprint density at radius 2 is 0.912 bits per heavy atom. The number of allylic oxidation sites excluding steroid dienone is 1. The fourth-order valence-electron chi connectivity index (χ4n) is 3.14. The molecule has 0 fully saturated rings. The molecule has 0 atom stereocenters. The Balaban J connectivity index is 2.10. The highest BCUT2D eigenvalue weighted by Gasteiger charge is 2.65. The molecule has 0 spiro atoms. The maximum atomic E-state index is 14.8. The first kappa shape index (κ1) is 26.2. The SMILES string of the molecule is C/C(=C\S(F)(F)(F)(F)c1ccc(S(F)(F)(F)(F)/C=C(\Cl)c2ccccc2)cc1)c1ccccc1. The fourth-order valence-corrected chi connectivity index (χ4v) is 6.89. The first-order valence-electron chi connectivity index (χ1n) is 9.52. The molecule has 0 bridgehead atoms. The van der Waals surface area contributed by atoms with Gasteiger partial charge in [-0.1, -0.05) is 72.3 Å². The van der Waals surface area contributed by atoms with Gasteiger partial charge < -0.3 is 0 Å². The van der Waals surface area contributed by atoms with Crippen LogP contribution in [0.2, 0.25) is 0 Å². The van der Waals surface area contributed by atoms with Gasteiger partial charge in [0.05, 0.1) is 20.2 Å². The largest absolute Gasteiger partial charge is 0.205 e. The molecule has 0 unspecified atom stereocenters. The molecule has 0 saturated heterocycles. The molecule has 0 amide bonds. The summed E-state index contributed by atoms with van der Waals surface area (Å²) in [5, 5.41) is -2.22. The van der Waals surface area contributed by atoms with Gasteiger partial charge in [-0.25, -0.2) is 0 Å². The van der Waals surface area contributed by atoms with Gasteiger partial charge in [0.25, 0.3) is 0 Å². The molecular formula is C23H19ClF8S2. The van der Waals surface area contributed by atoms with Crippen LogP contribution in [0.4, 0.5) is 31.1 Å². The molecule has 0 aliphatic rings. The van der Waals surface area contributed by atoms with E-state index in [1.807, 2.05) is 0 Å². The predicted molar refractivity (Wildman–Crippen MR) is 127 cm³/mol. The van der Waals surface area contributed by atoms with Crippen LogP contribution < -0.4 is 0 Å². The summed E-state index contributed by atoms with van der Waals surface area (Å²) in [6, 6.07) is 13.4. The van der Waals surface area contributed by atoms with Crippen LogP contribution in [0.3, 0.4) is 0 Å². The third kappa shape index (κ3) is 5.61. The summed E-state index contributed by atoms with van der Waals surface area (Å²) in [6.07, 6.45) is 0. The molecule has 0 nitrogen and oxygen atoms in total. The maximum absolute atomic E-state index is 14.8. The molecule has 0 aliphatic heterocycles. The summed E-state index contributed by atoms with van der Waals surface area (Å²) >= 11 is 5.67. The summed E-state index contributed by atoms with van der Waals surface area (Å²) < 4.78 is 118. The Morgan fingerprint density at radius 3 is 1.32 bits per heavy atom. The van der Waals surface area contributed by atoms with Gasteiger partial charge in [0.2, 0.25) is 19.7 Å². The van der Waals surface area contributed by atoms with Crippen LogP contribution in [-0.2, 0) is 0 Å². The van der Waals surface area contributed by atoms with Crippen molar-refractivity contribution >= 4 is 41.9 Å². The van der Waals surface area contributed by atoms with E-state index in [9.17, 15) is 31.1 Å². The Labute approximate surface area is 196 Å². The van der Waals surface area contributed by atoms with E-state index < -0.39 is 50.9 Å². The summed E-state index contributed by atoms with van der Waals surface area (Å²) in [5.74, 6) is 0. The second-order valence-corrected chi connectivity index (χ2v) is 14.1. The van der Waals surface area contributed by atoms with Crippen molar-refractivity contribution < 1.29 is 31.1 Å². The zero-order valence-electron chi connectivity index (χ0n) is 17.5. The average molecular weight is 547 g/mol. The average Bonchev–Trinajstić information content (AvgIpc) is 2.73. The smallest absolute Gasteiger partial charge is 0.117 e. The first-order valence-corrected chi connectivity index (χ1v) is 14.1. The van der Waals surface area contributed by atoms with Gasteiger partial charge in [-0.05, 0) is 47.9 Å². The van der Waals surface area contributed by atoms with Gasteiger partial charge in [0, 0.05) is 5.41 Å². The molecule has 186 valence electrons. The van der Waals surface area contributed by atoms with Crippen molar-refractivity contribution in [2.45, 2.75) is 16.7 Å². The molecule has 0 aromatic heterocycles. The minimum Gasteiger partial charge on any atom is -0.117 e. The topological polar surface area (TPSA) is 0 Å². The molecule has 34 heavy (non-hydrogen) atoms. The highest BCUT2D eigenvalue weighted by Crippen LogP contribution is 3.04. The van der Waals surface area contributed by atoms with Crippen molar-refractivity contribution in [3.63, 3.8) is 0 Å². The molecule has 0 N–H and O–H groups in total. The lowest BCUT2D eigenvalue weighted by atomic mass is 10.1. The van der Waals surface area contributed by atoms with Crippen molar-refractivity contribution in [1.29, 1.82) is 0 Å². The van der Waals surface area contributed by atoms with Crippen LogP contribution in [0.5, 0.6) is 0 Å². The zero-order valence-corrected chi connectivity index (χ0v) is 19.8. The molecule has 3 aromatic carbocycles. The first-order chi connectivity index (χ1) is 15.2. The number of rotatable bonds is 6. The summed E-state index contributed by atoms with van der Waals surface area (Å²) in [5.41, 5.74) is -0.527. The third-order valence-corrected chi connectivity index (χ3v) is 9.35. The highest BCUT2D eigenvalue weighted by molar-refractivity contribution is 8.52. The lowest BCUT2D eigenvalue weighted by Crippen LogP contribution is -2.14. The van der Waals surface area contributed by atoms with E-state index in [4.69, 9.17) is 11.6 Å². The number of hydrogen-bond acceptors (Lipinski definition) is 0. The van der Waals surface area contributed by atoms with Gasteiger partial charge in [0.1, 0.15) is 0 Å². The van der Waals surface area contributed by atoms with E-state index in [1.165, 1.54) is 54.6 Å². The molecule has 0 saturated carbocycles. The summed E-state index contributed by atoms with van der Waals surface area (Å²) in [4.78, 5) is -3.93. The number of hydrogen-bond donors (Lipinski definition) is 0. The lowest BCUT2D eigenvalue weighted by molar-refractivity contribution is 0.458. The molecule has 3 aromatic rings. The molecule has 0 heterocycles. The van der Waals surface area contributed by atoms with Crippen LogP contribution in [-0.4, -0.2) is 0 Å². The van der Waals surface area contributed by atoms with Crippen LogP contribution in [0.15, 0.2) is 106 Å². The van der Waals surface area contributed by atoms with Gasteiger partial charge >= 0.3 is 0 Å². The Bertz CT molecular complexity index is 1190. The standard InChI is InChI=1S/C23H19ClF8S2/c1-18(19-8-4-2-5-9-19)16-33(25,26,27,28)21-12-14-22(15-13-21)34(29,30,31,32)17-23(24)20-10-6-3-7-11-20/h2-17H,1H3/b18-16+,23-17-. The Kier molecular flexibility index (Phi) is 5.43. The minimum atomic E-state index is -9.27. The van der Waals surface area contributed by atoms with Crippen molar-refractivity contribution in [2.24, 2.45) is 0 Å². The third-order valence-electron chi connectivity index (χ3n) is 4.84. The molecular weight excluding hydrogens is 528 g/mol. The van der Waals surface area contributed by atoms with E-state index in [-0.39, 0.29) is 35.4 Å². The van der Waals surface area contributed by atoms with Crippen LogP contribution >= 0.6 is 31.3 Å². The van der Waals surface area contributed by atoms with Gasteiger partial charge in [-0.2, -0.15) is 0 Å². The van der Waals surface area contributed by atoms with E-state index >= 15 is 0 Å². The van der Waals surface area contributed by atoms with Crippen LogP contribution in [0.1, 0.15) is 18.1 Å². The zero-order chi connectivity index (χ0) is 25.6. The summed E-state index contributed by atoms with van der Waals surface area (Å²) in [7, 11) is -18.4. The Morgan fingerprint density at radius 1 is 0.559 bits per heavy atom. The number of halogens is 9. The van der Waals surface area contributed by atoms with E-state index in [0.29, 0.717) is 0 Å². The van der Waals surface area contributed by atoms with Crippen molar-refractivity contribution in [3.8, 4) is 0 Å². The minimum absolute atomic E-state index is 0.0821. The quantitative estimate of drug-likeness (QED) is 0.270. The summed E-state index contributed by atoms with van der Waals surface area (Å²) in [6.45, 7) is 1.03. The molecule has 0 radical (unpaired) electrons. The second-order valence-electron chi connectivity index (χ2n) is 7.74. The van der Waals surface area contributed by atoms with Crippen molar-refractivity contribution in [2.75, 3.05) is 0 Å². The predicted octanol–water partition coefficient (Wildman–Crippen LogP) is 11.5.